The predicted octanol–water partition coefficient (Wildman–Crippen LogP) is 1.96. The van der Waals surface area contributed by atoms with E-state index in [4.69, 9.17) is 15.6 Å². The summed E-state index contributed by atoms with van der Waals surface area (Å²) < 4.78 is 5.38. The summed E-state index contributed by atoms with van der Waals surface area (Å²) in [5.74, 6) is -0.479. The van der Waals surface area contributed by atoms with Gasteiger partial charge < -0.3 is 15.6 Å². The van der Waals surface area contributed by atoms with E-state index in [-0.39, 0.29) is 19.6 Å². The van der Waals surface area contributed by atoms with E-state index in [2.05, 4.69) is 6.58 Å². The Bertz CT molecular complexity index is 561. The van der Waals surface area contributed by atoms with E-state index in [9.17, 15) is 9.59 Å². The number of benzene rings is 1. The zero-order valence-corrected chi connectivity index (χ0v) is 12.3. The molecule has 1 heterocycles. The summed E-state index contributed by atoms with van der Waals surface area (Å²) in [6.45, 7) is 4.00. The zero-order valence-electron chi connectivity index (χ0n) is 12.3. The topological polar surface area (TPSA) is 92.9 Å². The van der Waals surface area contributed by atoms with Gasteiger partial charge >= 0.3 is 12.1 Å². The summed E-state index contributed by atoms with van der Waals surface area (Å²) in [5.41, 5.74) is 5.82. The molecule has 1 fully saturated rings. The Labute approximate surface area is 129 Å². The van der Waals surface area contributed by atoms with E-state index in [1.165, 1.54) is 0 Å². The molecule has 22 heavy (non-hydrogen) atoms. The Morgan fingerprint density at radius 1 is 1.45 bits per heavy atom. The van der Waals surface area contributed by atoms with Crippen molar-refractivity contribution < 1.29 is 19.4 Å². The van der Waals surface area contributed by atoms with Gasteiger partial charge in [-0.3, -0.25) is 9.69 Å². The van der Waals surface area contributed by atoms with Crippen LogP contribution in [0.25, 0.3) is 0 Å². The second-order valence-corrected chi connectivity index (χ2v) is 5.38. The number of amides is 1. The molecule has 3 N–H and O–H groups in total. The third kappa shape index (κ3) is 2.96. The van der Waals surface area contributed by atoms with E-state index in [0.717, 1.165) is 10.5 Å². The van der Waals surface area contributed by atoms with Gasteiger partial charge in [0.15, 0.2) is 0 Å². The number of hydrogen-bond acceptors (Lipinski definition) is 4. The lowest BCUT2D eigenvalue weighted by Crippen LogP contribution is -2.52. The van der Waals surface area contributed by atoms with Crippen molar-refractivity contribution in [3.63, 3.8) is 0 Å². The van der Waals surface area contributed by atoms with Gasteiger partial charge in [-0.2, -0.15) is 0 Å². The number of allylic oxidation sites excluding steroid dienone is 1. The second-order valence-electron chi connectivity index (χ2n) is 5.38. The first kappa shape index (κ1) is 16.0. The second kappa shape index (κ2) is 6.62. The molecule has 2 unspecified atom stereocenters. The maximum absolute atomic E-state index is 12.5. The summed E-state index contributed by atoms with van der Waals surface area (Å²) >= 11 is 0. The van der Waals surface area contributed by atoms with Crippen LogP contribution in [0.5, 0.6) is 0 Å². The standard InChI is InChI=1S/C16H20N2O4/c1-2-8-16(9-10-18(13(16)17)15(20)21)14(19)22-11-12-6-4-3-5-7-12/h2-7,13H,1,8-11,17H2,(H,20,21). The highest BCUT2D eigenvalue weighted by Gasteiger charge is 2.53. The quantitative estimate of drug-likeness (QED) is 0.641. The number of esters is 1. The van der Waals surface area contributed by atoms with Gasteiger partial charge in [-0.1, -0.05) is 36.4 Å². The van der Waals surface area contributed by atoms with Crippen LogP contribution in [0.2, 0.25) is 0 Å². The first-order valence-electron chi connectivity index (χ1n) is 7.08. The summed E-state index contributed by atoms with van der Waals surface area (Å²) in [5, 5.41) is 9.14. The molecule has 0 saturated carbocycles. The van der Waals surface area contributed by atoms with Gasteiger partial charge in [0.05, 0.1) is 6.17 Å². The molecule has 2 rings (SSSR count). The molecule has 0 bridgehead atoms. The Balaban J connectivity index is 2.12. The Morgan fingerprint density at radius 3 is 2.68 bits per heavy atom. The molecule has 1 aromatic rings. The number of ether oxygens (including phenoxy) is 1. The minimum Gasteiger partial charge on any atom is -0.465 e. The van der Waals surface area contributed by atoms with Gasteiger partial charge in [0.25, 0.3) is 0 Å². The largest absolute Gasteiger partial charge is 0.465 e. The summed E-state index contributed by atoms with van der Waals surface area (Å²) in [4.78, 5) is 24.8. The molecule has 6 heteroatoms. The molecule has 0 spiro atoms. The lowest BCUT2D eigenvalue weighted by Gasteiger charge is -2.31. The van der Waals surface area contributed by atoms with E-state index in [0.29, 0.717) is 6.42 Å². The minimum atomic E-state index is -1.13. The maximum atomic E-state index is 12.5. The van der Waals surface area contributed by atoms with E-state index >= 15 is 0 Å². The lowest BCUT2D eigenvalue weighted by atomic mass is 9.81. The smallest absolute Gasteiger partial charge is 0.408 e. The van der Waals surface area contributed by atoms with E-state index in [1.54, 1.807) is 6.08 Å². The number of likely N-dealkylation sites (tertiary alicyclic amines) is 1. The molecule has 1 aromatic carbocycles. The molecule has 118 valence electrons. The molecular weight excluding hydrogens is 284 g/mol. The third-order valence-corrected chi connectivity index (χ3v) is 4.07. The van der Waals surface area contributed by atoms with Crippen molar-refractivity contribution >= 4 is 12.1 Å². The van der Waals surface area contributed by atoms with Gasteiger partial charge in [-0.05, 0) is 18.4 Å². The molecule has 6 nitrogen and oxygen atoms in total. The number of carboxylic acid groups (broad SMARTS) is 1. The van der Waals surface area contributed by atoms with Crippen molar-refractivity contribution in [2.75, 3.05) is 6.54 Å². The number of rotatable bonds is 5. The van der Waals surface area contributed by atoms with E-state index in [1.807, 2.05) is 30.3 Å². The lowest BCUT2D eigenvalue weighted by molar-refractivity contribution is -0.158. The van der Waals surface area contributed by atoms with Crippen molar-refractivity contribution in [3.8, 4) is 0 Å². The normalized spacial score (nSPS) is 24.0. The summed E-state index contributed by atoms with van der Waals surface area (Å²) in [6.07, 6.45) is 0.140. The van der Waals surface area contributed by atoms with Crippen LogP contribution in [0.15, 0.2) is 43.0 Å². The molecule has 0 aliphatic carbocycles. The molecule has 1 aliphatic rings. The highest BCUT2D eigenvalue weighted by atomic mass is 16.5. The van der Waals surface area contributed by atoms with Crippen LogP contribution in [0.4, 0.5) is 4.79 Å². The van der Waals surface area contributed by atoms with Crippen molar-refractivity contribution in [3.05, 3.63) is 48.6 Å². The average Bonchev–Trinajstić information content (AvgIpc) is 2.84. The molecular formula is C16H20N2O4. The molecule has 1 aliphatic heterocycles. The Morgan fingerprint density at radius 2 is 2.14 bits per heavy atom. The Hall–Kier alpha value is -2.34. The molecule has 1 amide bonds. The predicted molar refractivity (Wildman–Crippen MR) is 80.8 cm³/mol. The number of carbonyl (C=O) groups is 2. The molecule has 1 saturated heterocycles. The first-order chi connectivity index (χ1) is 10.5. The number of carbonyl (C=O) groups excluding carboxylic acids is 1. The van der Waals surface area contributed by atoms with Crippen molar-refractivity contribution in [2.45, 2.75) is 25.6 Å². The van der Waals surface area contributed by atoms with Gasteiger partial charge in [-0.25, -0.2) is 4.79 Å². The third-order valence-electron chi connectivity index (χ3n) is 4.07. The van der Waals surface area contributed by atoms with Crippen molar-refractivity contribution in [1.29, 1.82) is 0 Å². The highest BCUT2D eigenvalue weighted by Crippen LogP contribution is 2.39. The monoisotopic (exact) mass is 304 g/mol. The van der Waals surface area contributed by atoms with Crippen molar-refractivity contribution in [2.24, 2.45) is 11.1 Å². The summed E-state index contributed by atoms with van der Waals surface area (Å²) in [7, 11) is 0. The van der Waals surface area contributed by atoms with Gasteiger partial charge in [-0.15, -0.1) is 6.58 Å². The zero-order chi connectivity index (χ0) is 16.2. The maximum Gasteiger partial charge on any atom is 0.408 e. The first-order valence-corrected chi connectivity index (χ1v) is 7.08. The number of nitrogens with two attached hydrogens (primary N) is 1. The fourth-order valence-electron chi connectivity index (χ4n) is 2.77. The summed E-state index contributed by atoms with van der Waals surface area (Å²) in [6, 6.07) is 9.30. The molecule has 0 aromatic heterocycles. The van der Waals surface area contributed by atoms with Crippen LogP contribution >= 0.6 is 0 Å². The fourth-order valence-corrected chi connectivity index (χ4v) is 2.77. The minimum absolute atomic E-state index is 0.137. The van der Waals surface area contributed by atoms with Crippen LogP contribution in [0, 0.1) is 5.41 Å². The Kier molecular flexibility index (Phi) is 4.82. The SMILES string of the molecule is C=CCC1(C(=O)OCc2ccccc2)CCN(C(=O)O)C1N. The number of nitrogens with zero attached hydrogens (tertiary/aromatic N) is 1. The number of hydrogen-bond donors (Lipinski definition) is 2. The fraction of sp³-hybridized carbons (Fsp3) is 0.375. The van der Waals surface area contributed by atoms with E-state index < -0.39 is 23.6 Å². The van der Waals surface area contributed by atoms with Gasteiger partial charge in [0, 0.05) is 6.54 Å². The molecule has 2 atom stereocenters. The van der Waals surface area contributed by atoms with Crippen LogP contribution < -0.4 is 5.73 Å². The van der Waals surface area contributed by atoms with Crippen LogP contribution in [0.1, 0.15) is 18.4 Å². The van der Waals surface area contributed by atoms with Crippen LogP contribution in [0.3, 0.4) is 0 Å². The van der Waals surface area contributed by atoms with Crippen LogP contribution in [-0.4, -0.2) is 34.8 Å². The van der Waals surface area contributed by atoms with Crippen molar-refractivity contribution in [1.82, 2.24) is 4.90 Å². The van der Waals surface area contributed by atoms with Gasteiger partial charge in [0.2, 0.25) is 0 Å². The highest BCUT2D eigenvalue weighted by molar-refractivity contribution is 5.80. The van der Waals surface area contributed by atoms with Crippen LogP contribution in [-0.2, 0) is 16.1 Å². The average molecular weight is 304 g/mol. The molecule has 0 radical (unpaired) electrons. The van der Waals surface area contributed by atoms with Gasteiger partial charge in [0.1, 0.15) is 12.0 Å².